The second kappa shape index (κ2) is 6.22. The Bertz CT molecular complexity index is 582. The molecule has 1 aliphatic heterocycles. The van der Waals surface area contributed by atoms with Gasteiger partial charge < -0.3 is 16.0 Å². The Morgan fingerprint density at radius 1 is 1.50 bits per heavy atom. The van der Waals surface area contributed by atoms with Gasteiger partial charge in [0.1, 0.15) is 17.5 Å². The number of hydrogen-bond donors (Lipinski definition) is 3. The summed E-state index contributed by atoms with van der Waals surface area (Å²) >= 11 is 0. The molecule has 2 heterocycles. The number of anilines is 1. The van der Waals surface area contributed by atoms with Crippen LogP contribution in [-0.4, -0.2) is 24.1 Å². The number of pyridine rings is 1. The number of rotatable bonds is 5. The van der Waals surface area contributed by atoms with Gasteiger partial charge in [0.15, 0.2) is 0 Å². The quantitative estimate of drug-likeness (QED) is 0.760. The Hall–Kier alpha value is -2.32. The molecule has 0 radical (unpaired) electrons. The molecule has 104 valence electrons. The Balaban J connectivity index is 2.24. The molecule has 0 spiro atoms. The molecule has 2 rings (SSSR count). The molecule has 1 aromatic heterocycles. The number of likely N-dealkylation sites (N-methyl/N-ethyl adjacent to an activating group) is 1. The molecular weight excluding hydrogens is 250 g/mol. The second-order valence-corrected chi connectivity index (χ2v) is 4.77. The highest BCUT2D eigenvalue weighted by Crippen LogP contribution is 2.27. The van der Waals surface area contributed by atoms with E-state index in [-0.39, 0.29) is 6.04 Å². The van der Waals surface area contributed by atoms with Gasteiger partial charge in [-0.3, -0.25) is 0 Å². The van der Waals surface area contributed by atoms with E-state index < -0.39 is 0 Å². The van der Waals surface area contributed by atoms with Crippen LogP contribution in [-0.2, 0) is 0 Å². The van der Waals surface area contributed by atoms with E-state index in [2.05, 4.69) is 47.4 Å². The van der Waals surface area contributed by atoms with Gasteiger partial charge in [-0.15, -0.1) is 0 Å². The minimum absolute atomic E-state index is 0.257. The first kappa shape index (κ1) is 14.1. The molecule has 0 amide bonds. The van der Waals surface area contributed by atoms with E-state index >= 15 is 0 Å². The van der Waals surface area contributed by atoms with Crippen LogP contribution < -0.4 is 16.0 Å². The summed E-state index contributed by atoms with van der Waals surface area (Å²) < 4.78 is 0. The zero-order valence-corrected chi connectivity index (χ0v) is 11.8. The van der Waals surface area contributed by atoms with Crippen LogP contribution in [0.2, 0.25) is 0 Å². The molecule has 20 heavy (non-hydrogen) atoms. The van der Waals surface area contributed by atoms with Gasteiger partial charge in [-0.1, -0.05) is 13.5 Å². The highest BCUT2D eigenvalue weighted by Gasteiger charge is 2.17. The van der Waals surface area contributed by atoms with Gasteiger partial charge >= 0.3 is 0 Å². The molecule has 0 bridgehead atoms. The van der Waals surface area contributed by atoms with E-state index in [0.29, 0.717) is 5.69 Å². The Labute approximate surface area is 119 Å². The van der Waals surface area contributed by atoms with E-state index in [1.807, 2.05) is 12.1 Å². The minimum atomic E-state index is 0.257. The maximum atomic E-state index is 8.98. The molecule has 0 fully saturated rings. The number of nitrogens with one attached hydrogen (secondary N) is 3. The molecule has 0 saturated carbocycles. The van der Waals surface area contributed by atoms with Crippen molar-refractivity contribution in [3.63, 3.8) is 0 Å². The van der Waals surface area contributed by atoms with Crippen molar-refractivity contribution in [3.05, 3.63) is 41.9 Å². The SMILES string of the molecule is C=C1C=C(NC(C)CNCC)c2nc(C#N)ccc2N1. The smallest absolute Gasteiger partial charge is 0.141 e. The molecule has 1 aliphatic rings. The van der Waals surface area contributed by atoms with Crippen LogP contribution in [0, 0.1) is 11.3 Å². The van der Waals surface area contributed by atoms with Gasteiger partial charge in [-0.2, -0.15) is 5.26 Å². The summed E-state index contributed by atoms with van der Waals surface area (Å²) in [6.45, 7) is 9.92. The van der Waals surface area contributed by atoms with Crippen LogP contribution in [0.5, 0.6) is 0 Å². The van der Waals surface area contributed by atoms with Gasteiger partial charge in [0.05, 0.1) is 11.4 Å². The molecule has 5 nitrogen and oxygen atoms in total. The van der Waals surface area contributed by atoms with Crippen molar-refractivity contribution in [1.29, 1.82) is 5.26 Å². The Morgan fingerprint density at radius 3 is 3.00 bits per heavy atom. The number of allylic oxidation sites excluding steroid dienone is 1. The zero-order chi connectivity index (χ0) is 14.5. The maximum Gasteiger partial charge on any atom is 0.141 e. The van der Waals surface area contributed by atoms with E-state index in [1.165, 1.54) is 0 Å². The van der Waals surface area contributed by atoms with E-state index in [9.17, 15) is 0 Å². The summed E-state index contributed by atoms with van der Waals surface area (Å²) in [6, 6.07) is 5.88. The van der Waals surface area contributed by atoms with E-state index in [0.717, 1.165) is 35.9 Å². The summed E-state index contributed by atoms with van der Waals surface area (Å²) in [5, 5.41) is 18.8. The average Bonchev–Trinajstić information content (AvgIpc) is 2.44. The predicted octanol–water partition coefficient (Wildman–Crippen LogP) is 1.82. The first-order chi connectivity index (χ1) is 9.63. The summed E-state index contributed by atoms with van der Waals surface area (Å²) in [5.41, 5.74) is 3.74. The lowest BCUT2D eigenvalue weighted by Crippen LogP contribution is -2.36. The molecule has 0 saturated heterocycles. The zero-order valence-electron chi connectivity index (χ0n) is 11.8. The predicted molar refractivity (Wildman–Crippen MR) is 80.8 cm³/mol. The molecule has 1 aromatic rings. The van der Waals surface area contributed by atoms with Crippen LogP contribution in [0.15, 0.2) is 30.5 Å². The lowest BCUT2D eigenvalue weighted by atomic mass is 10.1. The Morgan fingerprint density at radius 2 is 2.30 bits per heavy atom. The third kappa shape index (κ3) is 3.16. The lowest BCUT2D eigenvalue weighted by Gasteiger charge is -2.24. The van der Waals surface area contributed by atoms with E-state index in [1.54, 1.807) is 6.07 Å². The van der Waals surface area contributed by atoms with Crippen molar-refractivity contribution in [2.75, 3.05) is 18.4 Å². The highest BCUT2D eigenvalue weighted by atomic mass is 15.0. The van der Waals surface area contributed by atoms with Crippen LogP contribution in [0.25, 0.3) is 5.70 Å². The molecule has 1 atom stereocenters. The van der Waals surface area contributed by atoms with Crippen molar-refractivity contribution in [2.24, 2.45) is 0 Å². The van der Waals surface area contributed by atoms with Crippen LogP contribution >= 0.6 is 0 Å². The first-order valence-corrected chi connectivity index (χ1v) is 6.70. The number of hydrogen-bond acceptors (Lipinski definition) is 5. The van der Waals surface area contributed by atoms with Crippen molar-refractivity contribution < 1.29 is 0 Å². The fraction of sp³-hybridized carbons (Fsp3) is 0.333. The lowest BCUT2D eigenvalue weighted by molar-refractivity contribution is 0.576. The van der Waals surface area contributed by atoms with Gasteiger partial charge in [-0.25, -0.2) is 4.98 Å². The van der Waals surface area contributed by atoms with Gasteiger partial charge in [0, 0.05) is 18.3 Å². The van der Waals surface area contributed by atoms with Crippen molar-refractivity contribution in [2.45, 2.75) is 19.9 Å². The first-order valence-electron chi connectivity index (χ1n) is 6.70. The number of fused-ring (bicyclic) bond motifs is 1. The third-order valence-electron chi connectivity index (χ3n) is 2.98. The van der Waals surface area contributed by atoms with Gasteiger partial charge in [-0.05, 0) is 31.7 Å². The van der Waals surface area contributed by atoms with Gasteiger partial charge in [0.2, 0.25) is 0 Å². The normalized spacial score (nSPS) is 14.7. The summed E-state index contributed by atoms with van der Waals surface area (Å²) in [5.74, 6) is 0. The summed E-state index contributed by atoms with van der Waals surface area (Å²) in [6.07, 6.45) is 1.92. The molecule has 3 N–H and O–H groups in total. The van der Waals surface area contributed by atoms with Crippen LogP contribution in [0.4, 0.5) is 5.69 Å². The van der Waals surface area contributed by atoms with Gasteiger partial charge in [0.25, 0.3) is 0 Å². The molecule has 0 aliphatic carbocycles. The number of nitriles is 1. The molecule has 0 aromatic carbocycles. The standard InChI is InChI=1S/C15H19N5/c1-4-17-9-11(3)19-14-7-10(2)18-13-6-5-12(8-16)20-15(13)14/h5-7,11,17-19H,2,4,9H2,1,3H3. The van der Waals surface area contributed by atoms with Crippen molar-refractivity contribution >= 4 is 11.4 Å². The maximum absolute atomic E-state index is 8.98. The molecule has 1 unspecified atom stereocenters. The van der Waals surface area contributed by atoms with Crippen LogP contribution in [0.3, 0.4) is 0 Å². The second-order valence-electron chi connectivity index (χ2n) is 4.77. The van der Waals surface area contributed by atoms with Crippen molar-refractivity contribution in [3.8, 4) is 6.07 Å². The van der Waals surface area contributed by atoms with Crippen LogP contribution in [0.1, 0.15) is 25.2 Å². The fourth-order valence-corrected chi connectivity index (χ4v) is 2.07. The molecule has 5 heteroatoms. The number of aromatic nitrogens is 1. The van der Waals surface area contributed by atoms with E-state index in [4.69, 9.17) is 5.26 Å². The minimum Gasteiger partial charge on any atom is -0.379 e. The largest absolute Gasteiger partial charge is 0.379 e. The summed E-state index contributed by atoms with van der Waals surface area (Å²) in [7, 11) is 0. The monoisotopic (exact) mass is 269 g/mol. The molecular formula is C15H19N5. The third-order valence-corrected chi connectivity index (χ3v) is 2.98. The highest BCUT2D eigenvalue weighted by molar-refractivity contribution is 5.80. The fourth-order valence-electron chi connectivity index (χ4n) is 2.07. The average molecular weight is 269 g/mol. The topological polar surface area (TPSA) is 72.8 Å². The Kier molecular flexibility index (Phi) is 4.38. The summed E-state index contributed by atoms with van der Waals surface area (Å²) in [4.78, 5) is 4.37. The number of nitrogens with zero attached hydrogens (tertiary/aromatic N) is 2. The van der Waals surface area contributed by atoms with Crippen molar-refractivity contribution in [1.82, 2.24) is 15.6 Å².